The van der Waals surface area contributed by atoms with Gasteiger partial charge in [0.2, 0.25) is 0 Å². The zero-order valence-electron chi connectivity index (χ0n) is 10.0. The Balaban J connectivity index is 2.06. The van der Waals surface area contributed by atoms with Gasteiger partial charge in [0.15, 0.2) is 0 Å². The average molecular weight is 306 g/mol. The van der Waals surface area contributed by atoms with Crippen LogP contribution in [-0.2, 0) is 6.54 Å². The van der Waals surface area contributed by atoms with Crippen LogP contribution in [0.1, 0.15) is 11.1 Å². The fraction of sp³-hybridized carbons (Fsp3) is 0.143. The van der Waals surface area contributed by atoms with Gasteiger partial charge in [-0.2, -0.15) is 0 Å². The van der Waals surface area contributed by atoms with E-state index in [0.717, 1.165) is 15.7 Å². The first-order valence-electron chi connectivity index (χ1n) is 5.66. The minimum absolute atomic E-state index is 0.585. The number of rotatable bonds is 4. The SMILES string of the molecule is Cc1cc(Br)ccc1NCc1cccc(N[O-])c1. The second kappa shape index (κ2) is 5.89. The van der Waals surface area contributed by atoms with E-state index >= 15 is 0 Å². The Morgan fingerprint density at radius 2 is 2.00 bits per heavy atom. The molecule has 94 valence electrons. The third kappa shape index (κ3) is 3.24. The van der Waals surface area contributed by atoms with Crippen LogP contribution >= 0.6 is 15.9 Å². The van der Waals surface area contributed by atoms with Crippen LogP contribution in [0, 0.1) is 12.1 Å². The minimum Gasteiger partial charge on any atom is -0.761 e. The second-order valence-corrected chi connectivity index (χ2v) is 5.03. The highest BCUT2D eigenvalue weighted by Crippen LogP contribution is 2.21. The first kappa shape index (κ1) is 12.9. The van der Waals surface area contributed by atoms with Crippen LogP contribution in [0.3, 0.4) is 0 Å². The molecule has 0 fully saturated rings. The van der Waals surface area contributed by atoms with Crippen molar-refractivity contribution in [1.29, 1.82) is 0 Å². The number of benzene rings is 2. The van der Waals surface area contributed by atoms with Crippen LogP contribution in [0.15, 0.2) is 46.9 Å². The summed E-state index contributed by atoms with van der Waals surface area (Å²) in [6.45, 7) is 2.75. The summed E-state index contributed by atoms with van der Waals surface area (Å²) < 4.78 is 1.07. The number of nitrogens with one attached hydrogen (secondary N) is 2. The van der Waals surface area contributed by atoms with Gasteiger partial charge in [0.25, 0.3) is 0 Å². The first-order chi connectivity index (χ1) is 8.69. The Hall–Kier alpha value is -1.52. The standard InChI is InChI=1S/C14H14BrN2O/c1-10-7-12(15)5-6-14(10)16-9-11-3-2-4-13(8-11)17-18/h2-8,16-17H,9H2,1H3/q-1. The van der Waals surface area contributed by atoms with E-state index in [9.17, 15) is 5.21 Å². The molecule has 0 saturated heterocycles. The van der Waals surface area contributed by atoms with Crippen molar-refractivity contribution in [3.8, 4) is 0 Å². The fourth-order valence-corrected chi connectivity index (χ4v) is 2.24. The maximum absolute atomic E-state index is 10.6. The van der Waals surface area contributed by atoms with Crippen molar-refractivity contribution in [2.45, 2.75) is 13.5 Å². The molecular formula is C14H14BrN2O-. The van der Waals surface area contributed by atoms with Crippen LogP contribution in [0.2, 0.25) is 0 Å². The topological polar surface area (TPSA) is 47.1 Å². The van der Waals surface area contributed by atoms with Gasteiger partial charge < -0.3 is 16.0 Å². The predicted molar refractivity (Wildman–Crippen MR) is 79.6 cm³/mol. The summed E-state index contributed by atoms with van der Waals surface area (Å²) in [5.74, 6) is 0. The number of halogens is 1. The summed E-state index contributed by atoms with van der Waals surface area (Å²) >= 11 is 3.44. The first-order valence-corrected chi connectivity index (χ1v) is 6.45. The van der Waals surface area contributed by atoms with Gasteiger partial charge in [0.1, 0.15) is 0 Å². The van der Waals surface area contributed by atoms with Gasteiger partial charge in [-0.3, -0.25) is 0 Å². The van der Waals surface area contributed by atoms with Crippen LogP contribution in [0.5, 0.6) is 0 Å². The van der Waals surface area contributed by atoms with Crippen molar-refractivity contribution < 1.29 is 0 Å². The molecule has 0 unspecified atom stereocenters. The van der Waals surface area contributed by atoms with E-state index < -0.39 is 0 Å². The molecule has 0 saturated carbocycles. The third-order valence-electron chi connectivity index (χ3n) is 2.72. The van der Waals surface area contributed by atoms with E-state index in [1.807, 2.05) is 35.8 Å². The molecule has 2 aromatic rings. The molecule has 0 aliphatic rings. The van der Waals surface area contributed by atoms with Crippen molar-refractivity contribution in [3.63, 3.8) is 0 Å². The average Bonchev–Trinajstić information content (AvgIpc) is 2.38. The molecule has 2 rings (SSSR count). The second-order valence-electron chi connectivity index (χ2n) is 4.12. The summed E-state index contributed by atoms with van der Waals surface area (Å²) in [5, 5.41) is 13.9. The van der Waals surface area contributed by atoms with E-state index in [4.69, 9.17) is 0 Å². The van der Waals surface area contributed by atoms with Gasteiger partial charge in [-0.15, -0.1) is 0 Å². The van der Waals surface area contributed by atoms with Crippen LogP contribution in [0.4, 0.5) is 11.4 Å². The van der Waals surface area contributed by atoms with Gasteiger partial charge in [-0.05, 0) is 48.4 Å². The molecule has 0 spiro atoms. The normalized spacial score (nSPS) is 10.2. The highest BCUT2D eigenvalue weighted by atomic mass is 79.9. The van der Waals surface area contributed by atoms with Crippen molar-refractivity contribution >= 4 is 27.3 Å². The maximum Gasteiger partial charge on any atom is 0.0401 e. The Bertz CT molecular complexity index is 543. The van der Waals surface area contributed by atoms with Gasteiger partial charge >= 0.3 is 0 Å². The number of hydrogen-bond acceptors (Lipinski definition) is 3. The lowest BCUT2D eigenvalue weighted by atomic mass is 10.1. The lowest BCUT2D eigenvalue weighted by Crippen LogP contribution is -2.01. The minimum atomic E-state index is 0.585. The van der Waals surface area contributed by atoms with E-state index in [1.54, 1.807) is 6.07 Å². The van der Waals surface area contributed by atoms with E-state index in [-0.39, 0.29) is 0 Å². The summed E-state index contributed by atoms with van der Waals surface area (Å²) in [6.07, 6.45) is 0. The molecule has 0 heterocycles. The van der Waals surface area contributed by atoms with Crippen LogP contribution in [-0.4, -0.2) is 0 Å². The molecule has 0 aromatic heterocycles. The number of aryl methyl sites for hydroxylation is 1. The van der Waals surface area contributed by atoms with Gasteiger partial charge in [0.05, 0.1) is 0 Å². The summed E-state index contributed by atoms with van der Waals surface area (Å²) in [7, 11) is 0. The van der Waals surface area contributed by atoms with Crippen molar-refractivity contribution in [2.75, 3.05) is 10.8 Å². The van der Waals surface area contributed by atoms with E-state index in [1.165, 1.54) is 5.56 Å². The van der Waals surface area contributed by atoms with Crippen LogP contribution < -0.4 is 10.8 Å². The molecule has 0 aliphatic heterocycles. The summed E-state index contributed by atoms with van der Waals surface area (Å²) in [4.78, 5) is 0. The molecule has 2 N–H and O–H groups in total. The molecule has 0 bridgehead atoms. The van der Waals surface area contributed by atoms with Crippen molar-refractivity contribution in [3.05, 3.63) is 63.3 Å². The molecule has 0 radical (unpaired) electrons. The van der Waals surface area contributed by atoms with E-state index in [0.29, 0.717) is 12.2 Å². The molecule has 2 aromatic carbocycles. The third-order valence-corrected chi connectivity index (χ3v) is 3.21. The molecule has 18 heavy (non-hydrogen) atoms. The summed E-state index contributed by atoms with van der Waals surface area (Å²) in [6, 6.07) is 13.6. The zero-order valence-corrected chi connectivity index (χ0v) is 11.6. The molecular weight excluding hydrogens is 292 g/mol. The highest BCUT2D eigenvalue weighted by Gasteiger charge is 1.99. The molecule has 0 amide bonds. The lowest BCUT2D eigenvalue weighted by Gasteiger charge is -2.13. The van der Waals surface area contributed by atoms with Gasteiger partial charge in [-0.1, -0.05) is 28.1 Å². The molecule has 0 aliphatic carbocycles. The number of hydrogen-bond donors (Lipinski definition) is 2. The smallest absolute Gasteiger partial charge is 0.0401 e. The van der Waals surface area contributed by atoms with Gasteiger partial charge in [-0.25, -0.2) is 0 Å². The Kier molecular flexibility index (Phi) is 4.23. The van der Waals surface area contributed by atoms with Crippen LogP contribution in [0.25, 0.3) is 0 Å². The Morgan fingerprint density at radius 1 is 1.17 bits per heavy atom. The zero-order chi connectivity index (χ0) is 13.0. The molecule has 0 atom stereocenters. The molecule has 3 nitrogen and oxygen atoms in total. The highest BCUT2D eigenvalue weighted by molar-refractivity contribution is 9.10. The predicted octanol–water partition coefficient (Wildman–Crippen LogP) is 4.28. The maximum atomic E-state index is 10.6. The lowest BCUT2D eigenvalue weighted by molar-refractivity contribution is 1.14. The Morgan fingerprint density at radius 3 is 2.72 bits per heavy atom. The fourth-order valence-electron chi connectivity index (χ4n) is 1.77. The summed E-state index contributed by atoms with van der Waals surface area (Å²) in [5.41, 5.74) is 5.83. The van der Waals surface area contributed by atoms with Gasteiger partial charge in [0, 0.05) is 22.4 Å². The van der Waals surface area contributed by atoms with Crippen molar-refractivity contribution in [1.82, 2.24) is 0 Å². The molecule has 4 heteroatoms. The quantitative estimate of drug-likeness (QED) is 0.829. The Labute approximate surface area is 115 Å². The largest absolute Gasteiger partial charge is 0.761 e. The number of anilines is 2. The van der Waals surface area contributed by atoms with E-state index in [2.05, 4.69) is 34.2 Å². The van der Waals surface area contributed by atoms with Crippen molar-refractivity contribution in [2.24, 2.45) is 0 Å². The monoisotopic (exact) mass is 305 g/mol.